The van der Waals surface area contributed by atoms with Gasteiger partial charge in [0, 0.05) is 5.02 Å². The van der Waals surface area contributed by atoms with Crippen molar-refractivity contribution < 1.29 is 13.2 Å². The Morgan fingerprint density at radius 2 is 2.24 bits per heavy atom. The van der Waals surface area contributed by atoms with Crippen molar-refractivity contribution in [1.29, 1.82) is 0 Å². The summed E-state index contributed by atoms with van der Waals surface area (Å²) in [6.45, 7) is 2.41. The van der Waals surface area contributed by atoms with E-state index in [0.717, 1.165) is 12.6 Å². The van der Waals surface area contributed by atoms with Crippen molar-refractivity contribution in [2.75, 3.05) is 17.1 Å². The average molecular weight is 331 g/mol. The molecule has 7 nitrogen and oxygen atoms in total. The SMILES string of the molecule is CCCOc1ccc(Cl)cc1NS(=O)(=O)c1cn[nH]c1N. The third-order valence-electron chi connectivity index (χ3n) is 2.57. The molecular formula is C12H15ClN4O3S. The van der Waals surface area contributed by atoms with Crippen LogP contribution in [0, 0.1) is 0 Å². The van der Waals surface area contributed by atoms with Crippen LogP contribution in [0.5, 0.6) is 5.75 Å². The summed E-state index contributed by atoms with van der Waals surface area (Å²) in [6.07, 6.45) is 1.93. The first-order chi connectivity index (χ1) is 9.94. The van der Waals surface area contributed by atoms with Crippen molar-refractivity contribution >= 4 is 33.1 Å². The van der Waals surface area contributed by atoms with Crippen LogP contribution in [-0.4, -0.2) is 25.2 Å². The Balaban J connectivity index is 2.34. The predicted octanol–water partition coefficient (Wildman–Crippen LogP) is 2.23. The maximum Gasteiger partial charge on any atom is 0.267 e. The van der Waals surface area contributed by atoms with Gasteiger partial charge in [0.05, 0.1) is 18.5 Å². The van der Waals surface area contributed by atoms with E-state index >= 15 is 0 Å². The largest absolute Gasteiger partial charge is 0.491 e. The molecule has 1 heterocycles. The van der Waals surface area contributed by atoms with Crippen LogP contribution < -0.4 is 15.2 Å². The van der Waals surface area contributed by atoms with Crippen LogP contribution in [0.3, 0.4) is 0 Å². The normalized spacial score (nSPS) is 11.3. The molecule has 0 unspecified atom stereocenters. The molecule has 1 aromatic carbocycles. The fraction of sp³-hybridized carbons (Fsp3) is 0.250. The predicted molar refractivity (Wildman–Crippen MR) is 81.0 cm³/mol. The van der Waals surface area contributed by atoms with Crippen LogP contribution in [0.1, 0.15) is 13.3 Å². The minimum absolute atomic E-state index is 0.0412. The molecule has 21 heavy (non-hydrogen) atoms. The molecule has 0 fully saturated rings. The van der Waals surface area contributed by atoms with Crippen molar-refractivity contribution in [1.82, 2.24) is 10.2 Å². The number of ether oxygens (including phenoxy) is 1. The molecule has 0 saturated carbocycles. The number of H-pyrrole nitrogens is 1. The van der Waals surface area contributed by atoms with E-state index in [2.05, 4.69) is 14.9 Å². The second-order valence-corrected chi connectivity index (χ2v) is 6.33. The van der Waals surface area contributed by atoms with Crippen molar-refractivity contribution in [3.8, 4) is 5.75 Å². The first-order valence-corrected chi connectivity index (χ1v) is 8.04. The molecule has 2 rings (SSSR count). The third-order valence-corrected chi connectivity index (χ3v) is 4.20. The highest BCUT2D eigenvalue weighted by atomic mass is 35.5. The van der Waals surface area contributed by atoms with Gasteiger partial charge in [-0.25, -0.2) is 8.42 Å². The summed E-state index contributed by atoms with van der Waals surface area (Å²) in [4.78, 5) is -0.135. The zero-order chi connectivity index (χ0) is 15.5. The molecule has 0 aliphatic carbocycles. The molecule has 0 saturated heterocycles. The molecular weight excluding hydrogens is 316 g/mol. The minimum Gasteiger partial charge on any atom is -0.491 e. The van der Waals surface area contributed by atoms with Gasteiger partial charge >= 0.3 is 0 Å². The Bertz CT molecular complexity index is 730. The van der Waals surface area contributed by atoms with Gasteiger partial charge in [0.25, 0.3) is 10.0 Å². The highest BCUT2D eigenvalue weighted by Crippen LogP contribution is 2.30. The standard InChI is InChI=1S/C12H15ClN4O3S/c1-2-5-20-10-4-3-8(13)6-9(10)17-21(18,19)11-7-15-16-12(11)14/h3-4,6-7,17H,2,5H2,1H3,(H3,14,15,16). The minimum atomic E-state index is -3.87. The average Bonchev–Trinajstić information content (AvgIpc) is 2.84. The monoisotopic (exact) mass is 330 g/mol. The zero-order valence-electron chi connectivity index (χ0n) is 11.3. The number of benzene rings is 1. The van der Waals surface area contributed by atoms with E-state index in [0.29, 0.717) is 17.4 Å². The second kappa shape index (κ2) is 6.23. The van der Waals surface area contributed by atoms with E-state index in [1.807, 2.05) is 6.92 Å². The number of halogens is 1. The molecule has 2 aromatic rings. The van der Waals surface area contributed by atoms with Gasteiger partial charge < -0.3 is 10.5 Å². The summed E-state index contributed by atoms with van der Waals surface area (Å²) in [7, 11) is -3.87. The van der Waals surface area contributed by atoms with Crippen LogP contribution in [0.15, 0.2) is 29.3 Å². The maximum atomic E-state index is 12.3. The topological polar surface area (TPSA) is 110 Å². The van der Waals surface area contributed by atoms with Crippen molar-refractivity contribution in [2.45, 2.75) is 18.2 Å². The van der Waals surface area contributed by atoms with Crippen LogP contribution in [0.4, 0.5) is 11.5 Å². The van der Waals surface area contributed by atoms with E-state index in [4.69, 9.17) is 22.1 Å². The van der Waals surface area contributed by atoms with Crippen LogP contribution in [-0.2, 0) is 10.0 Å². The summed E-state index contributed by atoms with van der Waals surface area (Å²) in [5.41, 5.74) is 5.78. The first-order valence-electron chi connectivity index (χ1n) is 6.18. The van der Waals surface area contributed by atoms with E-state index < -0.39 is 10.0 Å². The number of aromatic nitrogens is 2. The van der Waals surface area contributed by atoms with E-state index in [1.165, 1.54) is 6.07 Å². The highest BCUT2D eigenvalue weighted by molar-refractivity contribution is 7.92. The lowest BCUT2D eigenvalue weighted by Gasteiger charge is -2.13. The number of rotatable bonds is 6. The number of nitrogens with zero attached hydrogens (tertiary/aromatic N) is 1. The lowest BCUT2D eigenvalue weighted by atomic mass is 10.3. The molecule has 9 heteroatoms. The number of aromatic amines is 1. The quantitative estimate of drug-likeness (QED) is 0.752. The summed E-state index contributed by atoms with van der Waals surface area (Å²) in [6, 6.07) is 4.70. The Morgan fingerprint density at radius 3 is 2.86 bits per heavy atom. The van der Waals surface area contributed by atoms with E-state index in [9.17, 15) is 8.42 Å². The fourth-order valence-electron chi connectivity index (χ4n) is 1.62. The van der Waals surface area contributed by atoms with Crippen LogP contribution in [0.25, 0.3) is 0 Å². The van der Waals surface area contributed by atoms with Crippen molar-refractivity contribution in [3.63, 3.8) is 0 Å². The van der Waals surface area contributed by atoms with Crippen molar-refractivity contribution in [3.05, 3.63) is 29.4 Å². The summed E-state index contributed by atoms with van der Waals surface area (Å²) in [5.74, 6) is 0.354. The Morgan fingerprint density at radius 1 is 1.48 bits per heavy atom. The number of anilines is 2. The van der Waals surface area contributed by atoms with Gasteiger partial charge in [-0.05, 0) is 24.6 Å². The Hall–Kier alpha value is -1.93. The van der Waals surface area contributed by atoms with Gasteiger partial charge in [-0.1, -0.05) is 18.5 Å². The maximum absolute atomic E-state index is 12.3. The van der Waals surface area contributed by atoms with Gasteiger partial charge in [-0.15, -0.1) is 0 Å². The Kier molecular flexibility index (Phi) is 4.59. The number of hydrogen-bond donors (Lipinski definition) is 3. The molecule has 0 spiro atoms. The van der Waals surface area contributed by atoms with Gasteiger partial charge in [0.2, 0.25) is 0 Å². The fourth-order valence-corrected chi connectivity index (χ4v) is 2.88. The number of nitrogens with one attached hydrogen (secondary N) is 2. The van der Waals surface area contributed by atoms with Gasteiger partial charge in [0.15, 0.2) is 0 Å². The van der Waals surface area contributed by atoms with E-state index in [-0.39, 0.29) is 16.4 Å². The third kappa shape index (κ3) is 3.59. The van der Waals surface area contributed by atoms with Gasteiger partial charge in [-0.3, -0.25) is 9.82 Å². The molecule has 4 N–H and O–H groups in total. The number of nitrogens with two attached hydrogens (primary N) is 1. The van der Waals surface area contributed by atoms with Gasteiger partial charge in [-0.2, -0.15) is 5.10 Å². The number of hydrogen-bond acceptors (Lipinski definition) is 5. The smallest absolute Gasteiger partial charge is 0.267 e. The Labute approximate surface area is 127 Å². The molecule has 114 valence electrons. The first kappa shape index (κ1) is 15.5. The highest BCUT2D eigenvalue weighted by Gasteiger charge is 2.21. The number of nitrogen functional groups attached to an aromatic ring is 1. The lowest BCUT2D eigenvalue weighted by molar-refractivity contribution is 0.319. The van der Waals surface area contributed by atoms with E-state index in [1.54, 1.807) is 12.1 Å². The van der Waals surface area contributed by atoms with Crippen LogP contribution in [0.2, 0.25) is 5.02 Å². The summed E-state index contributed by atoms with van der Waals surface area (Å²) in [5, 5.41) is 6.35. The summed E-state index contributed by atoms with van der Waals surface area (Å²) < 4.78 is 32.4. The molecule has 0 bridgehead atoms. The number of sulfonamides is 1. The van der Waals surface area contributed by atoms with Gasteiger partial charge in [0.1, 0.15) is 16.5 Å². The molecule has 0 atom stereocenters. The van der Waals surface area contributed by atoms with Crippen LogP contribution >= 0.6 is 11.6 Å². The van der Waals surface area contributed by atoms with Crippen molar-refractivity contribution in [2.24, 2.45) is 0 Å². The summed E-state index contributed by atoms with van der Waals surface area (Å²) >= 11 is 5.90. The molecule has 0 aliphatic heterocycles. The molecule has 0 amide bonds. The molecule has 0 radical (unpaired) electrons. The lowest BCUT2D eigenvalue weighted by Crippen LogP contribution is -2.15. The second-order valence-electron chi connectivity index (χ2n) is 4.24. The molecule has 0 aliphatic rings. The zero-order valence-corrected chi connectivity index (χ0v) is 12.8. The molecule has 1 aromatic heterocycles.